The Kier molecular flexibility index (Phi) is 9.52. The molecule has 0 spiro atoms. The van der Waals surface area contributed by atoms with Gasteiger partial charge < -0.3 is 18.3 Å². The monoisotopic (exact) mass is 982 g/mol. The fourth-order valence-electron chi connectivity index (χ4n) is 12.9. The molecule has 3 aromatic heterocycles. The molecule has 0 radical (unpaired) electrons. The van der Waals surface area contributed by atoms with E-state index >= 15 is 0 Å². The van der Waals surface area contributed by atoms with Crippen molar-refractivity contribution in [1.29, 1.82) is 0 Å². The fourth-order valence-corrected chi connectivity index (χ4v) is 12.9. The molecule has 77 heavy (non-hydrogen) atoms. The van der Waals surface area contributed by atoms with Crippen molar-refractivity contribution in [3.8, 4) is 39.1 Å². The molecule has 1 aliphatic carbocycles. The van der Waals surface area contributed by atoms with Crippen LogP contribution in [0.15, 0.2) is 288 Å². The van der Waals surface area contributed by atoms with Gasteiger partial charge >= 0.3 is 0 Å². The molecule has 0 aliphatic heterocycles. The van der Waals surface area contributed by atoms with Gasteiger partial charge in [0.2, 0.25) is 0 Å². The quantitative estimate of drug-likeness (QED) is 0.152. The third-order valence-electron chi connectivity index (χ3n) is 16.3. The number of para-hydroxylation sites is 4. The smallest absolute Gasteiger partial charge is 0.143 e. The molecule has 360 valence electrons. The highest BCUT2D eigenvalue weighted by Crippen LogP contribution is 2.58. The van der Waals surface area contributed by atoms with Gasteiger partial charge in [-0.15, -0.1) is 0 Å². The van der Waals surface area contributed by atoms with Crippen LogP contribution in [0.3, 0.4) is 0 Å². The zero-order valence-corrected chi connectivity index (χ0v) is 41.8. The number of nitrogens with zero attached hydrogens (tertiary/aromatic N) is 2. The lowest BCUT2D eigenvalue weighted by Crippen LogP contribution is -2.28. The van der Waals surface area contributed by atoms with E-state index in [1.54, 1.807) is 0 Å². The number of aromatic nitrogens is 1. The molecule has 0 amide bonds. The first kappa shape index (κ1) is 43.3. The third kappa shape index (κ3) is 6.46. The minimum absolute atomic E-state index is 0.580. The first-order valence-corrected chi connectivity index (χ1v) is 26.4. The highest BCUT2D eigenvalue weighted by Gasteiger charge is 2.46. The number of fused-ring (bicyclic) bond motifs is 12. The van der Waals surface area contributed by atoms with Gasteiger partial charge in [0.25, 0.3) is 0 Å². The van der Waals surface area contributed by atoms with E-state index in [-0.39, 0.29) is 0 Å². The van der Waals surface area contributed by atoms with Crippen molar-refractivity contribution in [3.05, 3.63) is 301 Å². The molecule has 4 heteroatoms. The Balaban J connectivity index is 0.912. The van der Waals surface area contributed by atoms with Gasteiger partial charge in [0, 0.05) is 49.6 Å². The molecule has 0 saturated heterocycles. The Labute approximate surface area is 444 Å². The van der Waals surface area contributed by atoms with Crippen LogP contribution in [0.25, 0.3) is 105 Å². The summed E-state index contributed by atoms with van der Waals surface area (Å²) in [5.41, 5.74) is 21.3. The SMILES string of the molecule is c1ccc(-n2c3ccccc3c3cc(-c4ccc5oc6cccc(N(c7ccc(-c8cccc9c8oc8ccccc89)cc7)c7ccc8c(c7)C(c7ccccc7)(c7ccccc7)c7ccccc7-8)c6c5c4)ccc32)cc1. The van der Waals surface area contributed by atoms with E-state index in [1.807, 2.05) is 12.1 Å². The van der Waals surface area contributed by atoms with E-state index in [9.17, 15) is 0 Å². The van der Waals surface area contributed by atoms with Gasteiger partial charge in [-0.25, -0.2) is 0 Å². The molecule has 0 fully saturated rings. The van der Waals surface area contributed by atoms with Crippen molar-refractivity contribution in [2.45, 2.75) is 5.41 Å². The van der Waals surface area contributed by atoms with E-state index in [0.717, 1.165) is 88.9 Å². The second-order valence-electron chi connectivity index (χ2n) is 20.3. The molecular weight excluding hydrogens is 937 g/mol. The lowest BCUT2D eigenvalue weighted by Gasteiger charge is -2.35. The molecule has 0 N–H and O–H groups in total. The van der Waals surface area contributed by atoms with Crippen LogP contribution in [0.4, 0.5) is 17.1 Å². The van der Waals surface area contributed by atoms with Crippen molar-refractivity contribution in [3.63, 3.8) is 0 Å². The zero-order chi connectivity index (χ0) is 50.6. The molecule has 3 heterocycles. The van der Waals surface area contributed by atoms with Crippen LogP contribution < -0.4 is 4.90 Å². The first-order valence-electron chi connectivity index (χ1n) is 26.4. The van der Waals surface area contributed by atoms with Gasteiger partial charge in [0.1, 0.15) is 22.3 Å². The van der Waals surface area contributed by atoms with Crippen molar-refractivity contribution in [2.24, 2.45) is 0 Å². The minimum Gasteiger partial charge on any atom is -0.456 e. The second kappa shape index (κ2) is 16.9. The molecule has 16 rings (SSSR count). The largest absolute Gasteiger partial charge is 0.456 e. The van der Waals surface area contributed by atoms with Crippen LogP contribution in [-0.4, -0.2) is 4.57 Å². The Morgan fingerprint density at radius 2 is 0.896 bits per heavy atom. The summed E-state index contributed by atoms with van der Waals surface area (Å²) in [6.45, 7) is 0. The Bertz CT molecular complexity index is 4760. The number of anilines is 3. The number of hydrogen-bond donors (Lipinski definition) is 0. The van der Waals surface area contributed by atoms with Gasteiger partial charge in [-0.2, -0.15) is 0 Å². The summed E-state index contributed by atoms with van der Waals surface area (Å²) >= 11 is 0. The van der Waals surface area contributed by atoms with Crippen molar-refractivity contribution >= 4 is 82.7 Å². The molecule has 0 saturated carbocycles. The number of hydrogen-bond acceptors (Lipinski definition) is 3. The topological polar surface area (TPSA) is 34.5 Å². The van der Waals surface area contributed by atoms with E-state index < -0.39 is 5.41 Å². The van der Waals surface area contributed by atoms with E-state index in [2.05, 4.69) is 276 Å². The summed E-state index contributed by atoms with van der Waals surface area (Å²) in [6.07, 6.45) is 0. The zero-order valence-electron chi connectivity index (χ0n) is 41.8. The summed E-state index contributed by atoms with van der Waals surface area (Å²) in [4.78, 5) is 2.43. The van der Waals surface area contributed by atoms with Crippen LogP contribution in [0.2, 0.25) is 0 Å². The van der Waals surface area contributed by atoms with Crippen molar-refractivity contribution in [1.82, 2.24) is 4.57 Å². The van der Waals surface area contributed by atoms with Crippen LogP contribution >= 0.6 is 0 Å². The Morgan fingerprint density at radius 3 is 1.70 bits per heavy atom. The van der Waals surface area contributed by atoms with Crippen LogP contribution in [0, 0.1) is 0 Å². The highest BCUT2D eigenvalue weighted by molar-refractivity contribution is 6.16. The van der Waals surface area contributed by atoms with E-state index in [1.165, 1.54) is 55.2 Å². The lowest BCUT2D eigenvalue weighted by atomic mass is 9.67. The van der Waals surface area contributed by atoms with Crippen LogP contribution in [0.5, 0.6) is 0 Å². The summed E-state index contributed by atoms with van der Waals surface area (Å²) < 4.78 is 15.8. The average molecular weight is 983 g/mol. The van der Waals surface area contributed by atoms with Gasteiger partial charge in [-0.1, -0.05) is 194 Å². The van der Waals surface area contributed by atoms with Crippen molar-refractivity contribution < 1.29 is 8.83 Å². The molecular formula is C73H46N2O2. The highest BCUT2D eigenvalue weighted by atomic mass is 16.3. The molecule has 15 aromatic rings. The molecule has 0 bridgehead atoms. The third-order valence-corrected chi connectivity index (χ3v) is 16.3. The standard InChI is InChI=1S/C73H46N2O2/c1-4-18-50(19-5-1)73(51-20-6-2-7-21-51)63-29-13-10-24-56(63)57-41-40-54(46-64(57)73)74(53-38-34-47(35-39-53)55-27-16-28-60-59-26-12-15-32-68(59)77-72(55)60)67-31-17-33-70-71(67)62-45-49(37-43-69(62)76-70)48-36-42-66-61(44-48)58-25-11-14-30-65(58)75(66)52-22-8-3-9-23-52/h1-46H. The van der Waals surface area contributed by atoms with Gasteiger partial charge in [0.05, 0.1) is 27.5 Å². The van der Waals surface area contributed by atoms with Gasteiger partial charge in [-0.3, -0.25) is 0 Å². The number of rotatable bonds is 8. The maximum Gasteiger partial charge on any atom is 0.143 e. The Hall–Kier alpha value is -10.2. The summed E-state index contributed by atoms with van der Waals surface area (Å²) in [5, 5.41) is 6.76. The predicted octanol–water partition coefficient (Wildman–Crippen LogP) is 19.7. The van der Waals surface area contributed by atoms with E-state index in [0.29, 0.717) is 0 Å². The van der Waals surface area contributed by atoms with Crippen molar-refractivity contribution in [2.75, 3.05) is 4.90 Å². The first-order chi connectivity index (χ1) is 38.2. The second-order valence-corrected chi connectivity index (χ2v) is 20.3. The summed E-state index contributed by atoms with van der Waals surface area (Å²) in [7, 11) is 0. The average Bonchev–Trinajstić information content (AvgIpc) is 4.37. The van der Waals surface area contributed by atoms with Gasteiger partial charge in [-0.05, 0) is 135 Å². The van der Waals surface area contributed by atoms with Crippen LogP contribution in [0.1, 0.15) is 22.3 Å². The van der Waals surface area contributed by atoms with Crippen LogP contribution in [-0.2, 0) is 5.41 Å². The molecule has 0 atom stereocenters. The summed E-state index contributed by atoms with van der Waals surface area (Å²) in [6, 6.07) is 101. The molecule has 12 aromatic carbocycles. The molecule has 1 aliphatic rings. The maximum atomic E-state index is 6.85. The number of furan rings is 2. The minimum atomic E-state index is -0.580. The predicted molar refractivity (Wildman–Crippen MR) is 318 cm³/mol. The normalized spacial score (nSPS) is 12.8. The van der Waals surface area contributed by atoms with Gasteiger partial charge in [0.15, 0.2) is 0 Å². The lowest BCUT2D eigenvalue weighted by molar-refractivity contribution is 0.669. The maximum absolute atomic E-state index is 6.85. The molecule has 4 nitrogen and oxygen atoms in total. The summed E-state index contributed by atoms with van der Waals surface area (Å²) in [5.74, 6) is 0. The Morgan fingerprint density at radius 1 is 0.325 bits per heavy atom. The van der Waals surface area contributed by atoms with E-state index in [4.69, 9.17) is 8.83 Å². The fraction of sp³-hybridized carbons (Fsp3) is 0.0137. The molecule has 0 unspecified atom stereocenters. The number of benzene rings is 12.